The fourth-order valence-corrected chi connectivity index (χ4v) is 1.61. The van der Waals surface area contributed by atoms with Crippen LogP contribution in [0, 0.1) is 0 Å². The molecule has 110 valence electrons. The maximum absolute atomic E-state index is 10.5. The van der Waals surface area contributed by atoms with E-state index in [9.17, 15) is 4.79 Å². The van der Waals surface area contributed by atoms with Crippen LogP contribution in [0.4, 0.5) is 0 Å². The summed E-state index contributed by atoms with van der Waals surface area (Å²) in [5.41, 5.74) is 0.750. The number of carboxylic acid groups (broad SMARTS) is 1. The maximum Gasteiger partial charge on any atom is 0.328 e. The van der Waals surface area contributed by atoms with Crippen LogP contribution in [0.25, 0.3) is 6.08 Å². The van der Waals surface area contributed by atoms with Gasteiger partial charge in [-0.25, -0.2) is 4.79 Å². The van der Waals surface area contributed by atoms with Crippen molar-refractivity contribution in [3.05, 3.63) is 29.8 Å². The van der Waals surface area contributed by atoms with E-state index in [0.29, 0.717) is 24.7 Å². The van der Waals surface area contributed by atoms with Gasteiger partial charge in [0, 0.05) is 19.8 Å². The third-order valence-electron chi connectivity index (χ3n) is 2.61. The third kappa shape index (κ3) is 5.75. The summed E-state index contributed by atoms with van der Waals surface area (Å²) in [5, 5.41) is 8.61. The zero-order valence-electron chi connectivity index (χ0n) is 11.8. The van der Waals surface area contributed by atoms with E-state index in [1.165, 1.54) is 6.08 Å². The van der Waals surface area contributed by atoms with Gasteiger partial charge in [-0.05, 0) is 36.6 Å². The van der Waals surface area contributed by atoms with Crippen LogP contribution >= 0.6 is 0 Å². The number of benzene rings is 1. The normalized spacial score (nSPS) is 10.7. The van der Waals surface area contributed by atoms with Crippen molar-refractivity contribution >= 4 is 12.0 Å². The van der Waals surface area contributed by atoms with Crippen molar-refractivity contribution in [1.29, 1.82) is 0 Å². The van der Waals surface area contributed by atoms with Gasteiger partial charge in [-0.2, -0.15) is 0 Å². The van der Waals surface area contributed by atoms with Crippen molar-refractivity contribution in [1.82, 2.24) is 0 Å². The molecule has 0 unspecified atom stereocenters. The Bertz CT molecular complexity index is 454. The van der Waals surface area contributed by atoms with Gasteiger partial charge >= 0.3 is 5.97 Å². The Kier molecular flexibility index (Phi) is 7.21. The van der Waals surface area contributed by atoms with Crippen molar-refractivity contribution in [2.75, 3.05) is 27.4 Å². The zero-order chi connectivity index (χ0) is 14.8. The average molecular weight is 280 g/mol. The van der Waals surface area contributed by atoms with Crippen LogP contribution in [0.15, 0.2) is 24.3 Å². The van der Waals surface area contributed by atoms with Gasteiger partial charge in [0.2, 0.25) is 0 Å². The Balaban J connectivity index is 2.66. The second kappa shape index (κ2) is 8.98. The smallest absolute Gasteiger partial charge is 0.328 e. The van der Waals surface area contributed by atoms with E-state index in [1.807, 2.05) is 0 Å². The Hall–Kier alpha value is -2.01. The number of rotatable bonds is 9. The van der Waals surface area contributed by atoms with Crippen LogP contribution in [-0.4, -0.2) is 38.5 Å². The van der Waals surface area contributed by atoms with Crippen LogP contribution in [-0.2, 0) is 9.53 Å². The van der Waals surface area contributed by atoms with Crippen molar-refractivity contribution in [3.8, 4) is 11.5 Å². The Morgan fingerprint density at radius 2 is 1.95 bits per heavy atom. The first-order chi connectivity index (χ1) is 9.67. The topological polar surface area (TPSA) is 65.0 Å². The number of ether oxygens (including phenoxy) is 3. The van der Waals surface area contributed by atoms with E-state index in [4.69, 9.17) is 19.3 Å². The number of hydrogen-bond acceptors (Lipinski definition) is 4. The van der Waals surface area contributed by atoms with Crippen LogP contribution in [0.3, 0.4) is 0 Å². The van der Waals surface area contributed by atoms with E-state index in [2.05, 4.69) is 0 Å². The first-order valence-corrected chi connectivity index (χ1v) is 6.38. The lowest BCUT2D eigenvalue weighted by molar-refractivity contribution is -0.131. The quantitative estimate of drug-likeness (QED) is 0.556. The second-order valence-corrected chi connectivity index (χ2v) is 4.13. The van der Waals surface area contributed by atoms with Gasteiger partial charge in [0.25, 0.3) is 0 Å². The van der Waals surface area contributed by atoms with Gasteiger partial charge in [0.15, 0.2) is 11.5 Å². The fourth-order valence-electron chi connectivity index (χ4n) is 1.61. The van der Waals surface area contributed by atoms with E-state index >= 15 is 0 Å². The molecule has 1 N–H and O–H groups in total. The molecule has 0 radical (unpaired) electrons. The number of carbonyl (C=O) groups is 1. The lowest BCUT2D eigenvalue weighted by Crippen LogP contribution is -2.01. The minimum atomic E-state index is -0.983. The number of methoxy groups -OCH3 is 2. The Morgan fingerprint density at radius 1 is 1.20 bits per heavy atom. The number of unbranched alkanes of at least 4 members (excludes halogenated alkanes) is 1. The number of carboxylic acids is 1. The molecule has 0 aliphatic carbocycles. The molecule has 0 aliphatic rings. The highest BCUT2D eigenvalue weighted by Crippen LogP contribution is 2.28. The monoisotopic (exact) mass is 280 g/mol. The van der Waals surface area contributed by atoms with E-state index < -0.39 is 5.97 Å². The van der Waals surface area contributed by atoms with E-state index in [0.717, 1.165) is 24.5 Å². The van der Waals surface area contributed by atoms with Crippen molar-refractivity contribution in [3.63, 3.8) is 0 Å². The number of hydrogen-bond donors (Lipinski definition) is 1. The lowest BCUT2D eigenvalue weighted by atomic mass is 10.2. The standard InChI is InChI=1S/C15H20O5/c1-18-9-3-4-10-20-14-11-12(6-8-15(16)17)5-7-13(14)19-2/h5-8,11H,3-4,9-10H2,1-2H3,(H,16,17)/b8-6+. The molecule has 1 aromatic rings. The second-order valence-electron chi connectivity index (χ2n) is 4.13. The molecular weight excluding hydrogens is 260 g/mol. The van der Waals surface area contributed by atoms with Crippen LogP contribution in [0.5, 0.6) is 11.5 Å². The SMILES string of the molecule is COCCCCOc1cc(/C=C/C(=O)O)ccc1OC. The van der Waals surface area contributed by atoms with Crippen molar-refractivity contribution < 1.29 is 24.1 Å². The summed E-state index contributed by atoms with van der Waals surface area (Å²) >= 11 is 0. The van der Waals surface area contributed by atoms with Gasteiger partial charge in [-0.15, -0.1) is 0 Å². The van der Waals surface area contributed by atoms with E-state index in [-0.39, 0.29) is 0 Å². The molecule has 1 aromatic carbocycles. The average Bonchev–Trinajstić information content (AvgIpc) is 2.45. The molecule has 5 heteroatoms. The summed E-state index contributed by atoms with van der Waals surface area (Å²) in [4.78, 5) is 10.5. The Morgan fingerprint density at radius 3 is 2.60 bits per heavy atom. The minimum Gasteiger partial charge on any atom is -0.493 e. The predicted octanol–water partition coefficient (Wildman–Crippen LogP) is 2.60. The molecule has 0 saturated carbocycles. The molecule has 1 rings (SSSR count). The Labute approximate surface area is 118 Å². The largest absolute Gasteiger partial charge is 0.493 e. The summed E-state index contributed by atoms with van der Waals surface area (Å²) in [6.45, 7) is 1.27. The summed E-state index contributed by atoms with van der Waals surface area (Å²) in [6, 6.07) is 5.29. The maximum atomic E-state index is 10.5. The van der Waals surface area contributed by atoms with Gasteiger partial charge in [0.1, 0.15) is 0 Å². The molecule has 0 heterocycles. The lowest BCUT2D eigenvalue weighted by Gasteiger charge is -2.11. The van der Waals surface area contributed by atoms with Gasteiger partial charge in [-0.1, -0.05) is 6.07 Å². The van der Waals surface area contributed by atoms with Crippen LogP contribution < -0.4 is 9.47 Å². The number of aliphatic carboxylic acids is 1. The highest BCUT2D eigenvalue weighted by Gasteiger charge is 2.05. The highest BCUT2D eigenvalue weighted by molar-refractivity contribution is 5.85. The predicted molar refractivity (Wildman–Crippen MR) is 76.3 cm³/mol. The first kappa shape index (κ1) is 16.0. The first-order valence-electron chi connectivity index (χ1n) is 6.38. The molecule has 0 bridgehead atoms. The van der Waals surface area contributed by atoms with Gasteiger partial charge < -0.3 is 19.3 Å². The van der Waals surface area contributed by atoms with Crippen LogP contribution in [0.1, 0.15) is 18.4 Å². The molecule has 0 spiro atoms. The molecule has 20 heavy (non-hydrogen) atoms. The molecular formula is C15H20O5. The van der Waals surface area contributed by atoms with Crippen molar-refractivity contribution in [2.45, 2.75) is 12.8 Å². The molecule has 0 aliphatic heterocycles. The summed E-state index contributed by atoms with van der Waals surface area (Å²) in [6.07, 6.45) is 4.41. The zero-order valence-corrected chi connectivity index (χ0v) is 11.8. The van der Waals surface area contributed by atoms with Crippen LogP contribution in [0.2, 0.25) is 0 Å². The van der Waals surface area contributed by atoms with Crippen molar-refractivity contribution in [2.24, 2.45) is 0 Å². The minimum absolute atomic E-state index is 0.561. The molecule has 0 saturated heterocycles. The fraction of sp³-hybridized carbons (Fsp3) is 0.400. The summed E-state index contributed by atoms with van der Waals surface area (Å²) in [7, 11) is 3.24. The highest BCUT2D eigenvalue weighted by atomic mass is 16.5. The molecule has 0 atom stereocenters. The molecule has 0 fully saturated rings. The molecule has 0 amide bonds. The third-order valence-corrected chi connectivity index (χ3v) is 2.61. The summed E-state index contributed by atoms with van der Waals surface area (Å²) in [5.74, 6) is 0.254. The molecule has 0 aromatic heterocycles. The summed E-state index contributed by atoms with van der Waals surface area (Å²) < 4.78 is 15.8. The van der Waals surface area contributed by atoms with Gasteiger partial charge in [-0.3, -0.25) is 0 Å². The molecule has 5 nitrogen and oxygen atoms in total. The van der Waals surface area contributed by atoms with Gasteiger partial charge in [0.05, 0.1) is 13.7 Å². The van der Waals surface area contributed by atoms with E-state index in [1.54, 1.807) is 32.4 Å².